The Labute approximate surface area is 212 Å². The number of rotatable bonds is 9. The Balaban J connectivity index is 1.97. The number of aromatic nitrogens is 2. The zero-order valence-corrected chi connectivity index (χ0v) is 20.8. The maximum Gasteiger partial charge on any atom is 0.269 e. The molecule has 0 atom stereocenters. The lowest BCUT2D eigenvalue weighted by atomic mass is 10.1. The van der Waals surface area contributed by atoms with Crippen LogP contribution in [-0.2, 0) is 17.8 Å². The summed E-state index contributed by atoms with van der Waals surface area (Å²) in [5.74, 6) is -1.09. The normalized spacial score (nSPS) is 18.1. The van der Waals surface area contributed by atoms with E-state index in [1.807, 2.05) is 42.3 Å². The second-order valence-corrected chi connectivity index (χ2v) is 8.59. The van der Waals surface area contributed by atoms with Crippen LogP contribution in [0.3, 0.4) is 0 Å². The Morgan fingerprint density at radius 3 is 2.58 bits per heavy atom. The van der Waals surface area contributed by atoms with Crippen LogP contribution in [0, 0.1) is 0 Å². The molecule has 2 aliphatic heterocycles. The van der Waals surface area contributed by atoms with Crippen LogP contribution in [0.5, 0.6) is 0 Å². The van der Waals surface area contributed by atoms with Crippen molar-refractivity contribution in [2.75, 3.05) is 13.1 Å². The summed E-state index contributed by atoms with van der Waals surface area (Å²) >= 11 is 0. The number of nitrogens with zero attached hydrogens (tertiary/aromatic N) is 4. The first-order chi connectivity index (χ1) is 17.4. The summed E-state index contributed by atoms with van der Waals surface area (Å²) in [4.78, 5) is 28.4. The molecule has 2 N–H and O–H groups in total. The van der Waals surface area contributed by atoms with Gasteiger partial charge < -0.3 is 15.5 Å². The quantitative estimate of drug-likeness (QED) is 0.504. The molecule has 1 aromatic rings. The third-order valence-electron chi connectivity index (χ3n) is 6.13. The van der Waals surface area contributed by atoms with Gasteiger partial charge in [-0.15, -0.1) is 0 Å². The molecular formula is C28H34FN5O2. The molecule has 8 heteroatoms. The molecule has 1 aromatic heterocycles. The van der Waals surface area contributed by atoms with E-state index in [1.165, 1.54) is 16.8 Å². The number of amides is 2. The van der Waals surface area contributed by atoms with Gasteiger partial charge in [-0.2, -0.15) is 5.10 Å². The molecule has 0 spiro atoms. The zero-order valence-electron chi connectivity index (χ0n) is 20.8. The Hall–Kier alpha value is -3.94. The lowest BCUT2D eigenvalue weighted by molar-refractivity contribution is -0.130. The highest BCUT2D eigenvalue weighted by Crippen LogP contribution is 2.27. The summed E-state index contributed by atoms with van der Waals surface area (Å²) in [7, 11) is 0. The van der Waals surface area contributed by atoms with Crippen molar-refractivity contribution in [2.24, 2.45) is 5.73 Å². The number of hydrogen-bond donors (Lipinski definition) is 1. The average Bonchev–Trinajstić information content (AvgIpc) is 3.08. The Kier molecular flexibility index (Phi) is 9.39. The number of primary amides is 1. The van der Waals surface area contributed by atoms with Crippen molar-refractivity contribution in [3.05, 3.63) is 96.4 Å². The van der Waals surface area contributed by atoms with Crippen molar-refractivity contribution in [1.29, 1.82) is 0 Å². The first-order valence-corrected chi connectivity index (χ1v) is 12.2. The molecule has 1 saturated heterocycles. The number of hydrogen-bond acceptors (Lipinski definition) is 4. The Morgan fingerprint density at radius 1 is 1.11 bits per heavy atom. The molecule has 3 rings (SSSR count). The molecule has 0 aliphatic carbocycles. The van der Waals surface area contributed by atoms with E-state index in [-0.39, 0.29) is 17.3 Å². The molecule has 0 radical (unpaired) electrons. The van der Waals surface area contributed by atoms with Crippen molar-refractivity contribution in [2.45, 2.75) is 45.6 Å². The number of allylic oxidation sites excluding steroid dienone is 10. The lowest BCUT2D eigenvalue weighted by Gasteiger charge is -2.27. The van der Waals surface area contributed by atoms with Gasteiger partial charge in [-0.3, -0.25) is 9.59 Å². The van der Waals surface area contributed by atoms with Crippen molar-refractivity contribution >= 4 is 17.5 Å². The first kappa shape index (κ1) is 26.7. The van der Waals surface area contributed by atoms with Crippen LogP contribution in [0.15, 0.2) is 79.5 Å². The fraction of sp³-hybridized carbons (Fsp3) is 0.321. The van der Waals surface area contributed by atoms with E-state index in [4.69, 9.17) is 5.73 Å². The van der Waals surface area contributed by atoms with E-state index in [9.17, 15) is 14.0 Å². The minimum atomic E-state index is -0.648. The van der Waals surface area contributed by atoms with Gasteiger partial charge >= 0.3 is 0 Å². The fourth-order valence-electron chi connectivity index (χ4n) is 4.43. The molecule has 1 fully saturated rings. The van der Waals surface area contributed by atoms with Crippen molar-refractivity contribution in [3.8, 4) is 0 Å². The molecule has 0 bridgehead atoms. The molecular weight excluding hydrogens is 457 g/mol. The second-order valence-electron chi connectivity index (χ2n) is 8.59. The van der Waals surface area contributed by atoms with Gasteiger partial charge in [-0.1, -0.05) is 31.4 Å². The van der Waals surface area contributed by atoms with Gasteiger partial charge in [0.1, 0.15) is 11.5 Å². The van der Waals surface area contributed by atoms with Gasteiger partial charge in [-0.05, 0) is 69.2 Å². The van der Waals surface area contributed by atoms with Crippen molar-refractivity contribution < 1.29 is 14.0 Å². The number of carbonyl (C=O) groups is 2. The average molecular weight is 492 g/mol. The number of likely N-dealkylation sites (tertiary alicyclic amines) is 1. The minimum Gasteiger partial charge on any atom is -0.371 e. The van der Waals surface area contributed by atoms with E-state index >= 15 is 0 Å². The molecule has 0 aromatic carbocycles. The third-order valence-corrected chi connectivity index (χ3v) is 6.13. The van der Waals surface area contributed by atoms with Gasteiger partial charge in [0.15, 0.2) is 5.69 Å². The minimum absolute atomic E-state index is 0.137. The van der Waals surface area contributed by atoms with Gasteiger partial charge in [0.25, 0.3) is 5.91 Å². The van der Waals surface area contributed by atoms with Crippen LogP contribution >= 0.6 is 0 Å². The number of fused-ring (bicyclic) bond motifs is 1. The number of halogens is 1. The molecule has 2 aliphatic rings. The number of carbonyl (C=O) groups excluding carboxylic acids is 2. The summed E-state index contributed by atoms with van der Waals surface area (Å²) in [6, 6.07) is 0. The summed E-state index contributed by atoms with van der Waals surface area (Å²) < 4.78 is 16.2. The SMILES string of the molecule is C=C/C=C\C(=C(\F)C=C)n1nc(C(N)=O)c2c1CN(/C=C/C=C(\C=C/C)N1CCCCC1=O)CCC2. The van der Waals surface area contributed by atoms with E-state index in [1.54, 1.807) is 6.08 Å². The molecule has 7 nitrogen and oxygen atoms in total. The Morgan fingerprint density at radius 2 is 1.92 bits per heavy atom. The predicted molar refractivity (Wildman–Crippen MR) is 141 cm³/mol. The maximum atomic E-state index is 14.8. The molecule has 0 unspecified atom stereocenters. The third kappa shape index (κ3) is 6.19. The topological polar surface area (TPSA) is 84.5 Å². The summed E-state index contributed by atoms with van der Waals surface area (Å²) in [5.41, 5.74) is 8.18. The highest BCUT2D eigenvalue weighted by molar-refractivity contribution is 5.93. The Bertz CT molecular complexity index is 1170. The van der Waals surface area contributed by atoms with E-state index in [0.29, 0.717) is 31.6 Å². The second kappa shape index (κ2) is 12.7. The summed E-state index contributed by atoms with van der Waals surface area (Å²) in [6.45, 7) is 10.9. The zero-order chi connectivity index (χ0) is 26.1. The van der Waals surface area contributed by atoms with E-state index in [0.717, 1.165) is 43.1 Å². The number of piperidine rings is 1. The largest absolute Gasteiger partial charge is 0.371 e. The first-order valence-electron chi connectivity index (χ1n) is 12.2. The highest BCUT2D eigenvalue weighted by atomic mass is 19.1. The molecule has 2 amide bonds. The predicted octanol–water partition coefficient (Wildman–Crippen LogP) is 4.78. The van der Waals surface area contributed by atoms with Gasteiger partial charge in [0, 0.05) is 30.8 Å². The molecule has 0 saturated carbocycles. The standard InChI is InChI=1S/C28H34FN5O2/c1-4-7-15-24(23(29)6-3)34-25-20-32(18-11-14-22(25)27(31-34)28(30)36)17-10-13-21(12-5-2)33-19-9-8-16-26(33)35/h4-7,10,12-13,15,17H,1,3,8-9,11,14,16,18-20H2,2H3,(H2,30,36)/b12-5-,15-7-,17-10+,21-13+,24-23-. The fourth-order valence-corrected chi connectivity index (χ4v) is 4.43. The van der Waals surface area contributed by atoms with Gasteiger partial charge in [0.2, 0.25) is 5.91 Å². The summed E-state index contributed by atoms with van der Waals surface area (Å²) in [5, 5.41) is 4.39. The van der Waals surface area contributed by atoms with Crippen molar-refractivity contribution in [3.63, 3.8) is 0 Å². The highest BCUT2D eigenvalue weighted by Gasteiger charge is 2.26. The van der Waals surface area contributed by atoms with E-state index in [2.05, 4.69) is 23.2 Å². The monoisotopic (exact) mass is 491 g/mol. The van der Waals surface area contributed by atoms with Crippen LogP contribution in [0.4, 0.5) is 4.39 Å². The molecule has 3 heterocycles. The van der Waals surface area contributed by atoms with Crippen LogP contribution in [-0.4, -0.2) is 44.5 Å². The lowest BCUT2D eigenvalue weighted by Crippen LogP contribution is -2.33. The molecule has 190 valence electrons. The van der Waals surface area contributed by atoms with Crippen LogP contribution in [0.2, 0.25) is 0 Å². The van der Waals surface area contributed by atoms with Gasteiger partial charge in [-0.25, -0.2) is 9.07 Å². The van der Waals surface area contributed by atoms with Crippen LogP contribution in [0.25, 0.3) is 5.70 Å². The maximum absolute atomic E-state index is 14.8. The molecule has 36 heavy (non-hydrogen) atoms. The smallest absolute Gasteiger partial charge is 0.269 e. The van der Waals surface area contributed by atoms with E-state index < -0.39 is 11.7 Å². The van der Waals surface area contributed by atoms with Gasteiger partial charge in [0.05, 0.1) is 12.2 Å². The van der Waals surface area contributed by atoms with Crippen molar-refractivity contribution in [1.82, 2.24) is 19.6 Å². The van der Waals surface area contributed by atoms with Crippen LogP contribution in [0.1, 0.15) is 54.4 Å². The summed E-state index contributed by atoms with van der Waals surface area (Å²) in [6.07, 6.45) is 19.2. The number of nitrogens with two attached hydrogens (primary N) is 1. The van der Waals surface area contributed by atoms with Crippen LogP contribution < -0.4 is 5.73 Å².